The smallest absolute Gasteiger partial charge is 0.255 e. The van der Waals surface area contributed by atoms with Crippen LogP contribution in [0.1, 0.15) is 38.5 Å². The topological polar surface area (TPSA) is 64.4 Å². The van der Waals surface area contributed by atoms with Gasteiger partial charge in [-0.2, -0.15) is 0 Å². The Morgan fingerprint density at radius 2 is 1.77 bits per heavy atom. The Kier molecular flexibility index (Phi) is 4.79. The lowest BCUT2D eigenvalue weighted by Gasteiger charge is -2.09. The van der Waals surface area contributed by atoms with Crippen LogP contribution >= 0.6 is 0 Å². The Balaban J connectivity index is 1.24. The highest BCUT2D eigenvalue weighted by molar-refractivity contribution is 6.04. The number of amides is 1. The molecule has 3 aromatic carbocycles. The van der Waals surface area contributed by atoms with Crippen molar-refractivity contribution in [1.82, 2.24) is 5.16 Å². The first-order chi connectivity index (χ1) is 15.1. The summed E-state index contributed by atoms with van der Waals surface area (Å²) in [5.41, 5.74) is 8.24. The first-order valence-corrected chi connectivity index (χ1v) is 10.3. The van der Waals surface area contributed by atoms with E-state index in [0.29, 0.717) is 17.9 Å². The van der Waals surface area contributed by atoms with Crippen molar-refractivity contribution in [2.24, 2.45) is 0 Å². The first-order valence-electron chi connectivity index (χ1n) is 10.3. The van der Waals surface area contributed by atoms with E-state index in [1.165, 1.54) is 22.3 Å². The molecule has 154 valence electrons. The molecule has 0 aliphatic heterocycles. The summed E-state index contributed by atoms with van der Waals surface area (Å²) in [6.45, 7) is 4.13. The van der Waals surface area contributed by atoms with E-state index in [9.17, 15) is 4.79 Å². The minimum atomic E-state index is -0.146. The van der Waals surface area contributed by atoms with Crippen LogP contribution in [-0.2, 0) is 13.0 Å². The maximum Gasteiger partial charge on any atom is 0.255 e. The zero-order valence-electron chi connectivity index (χ0n) is 17.4. The number of nitrogens with zero attached hydrogens (tertiary/aromatic N) is 1. The van der Waals surface area contributed by atoms with Crippen LogP contribution < -0.4 is 10.1 Å². The minimum absolute atomic E-state index is 0.146. The van der Waals surface area contributed by atoms with Crippen LogP contribution in [0.2, 0.25) is 0 Å². The number of anilines is 1. The SMILES string of the molecule is Cc1noc(C)c1COc1ccc(C(=O)Nc2ccc3c(c2)Cc2ccccc2-3)cc1. The highest BCUT2D eigenvalue weighted by Gasteiger charge is 2.18. The van der Waals surface area contributed by atoms with Crippen molar-refractivity contribution < 1.29 is 14.1 Å². The number of fused-ring (bicyclic) bond motifs is 3. The van der Waals surface area contributed by atoms with Gasteiger partial charge in [0.25, 0.3) is 5.91 Å². The number of carbonyl (C=O) groups is 1. The maximum absolute atomic E-state index is 12.7. The summed E-state index contributed by atoms with van der Waals surface area (Å²) < 4.78 is 11.0. The van der Waals surface area contributed by atoms with Gasteiger partial charge < -0.3 is 14.6 Å². The summed E-state index contributed by atoms with van der Waals surface area (Å²) in [6, 6.07) is 21.7. The van der Waals surface area contributed by atoms with Gasteiger partial charge in [0, 0.05) is 11.3 Å². The third-order valence-corrected chi connectivity index (χ3v) is 5.73. The van der Waals surface area contributed by atoms with E-state index in [1.54, 1.807) is 24.3 Å². The second-order valence-corrected chi connectivity index (χ2v) is 7.78. The summed E-state index contributed by atoms with van der Waals surface area (Å²) in [5, 5.41) is 6.93. The van der Waals surface area contributed by atoms with Gasteiger partial charge in [-0.1, -0.05) is 35.5 Å². The van der Waals surface area contributed by atoms with Gasteiger partial charge in [-0.25, -0.2) is 0 Å². The molecule has 1 amide bonds. The summed E-state index contributed by atoms with van der Waals surface area (Å²) >= 11 is 0. The third kappa shape index (κ3) is 3.70. The molecule has 1 heterocycles. The molecule has 1 aliphatic carbocycles. The van der Waals surface area contributed by atoms with Gasteiger partial charge in [0.05, 0.1) is 11.3 Å². The molecule has 31 heavy (non-hydrogen) atoms. The van der Waals surface area contributed by atoms with Crippen molar-refractivity contribution in [3.05, 3.63) is 100 Å². The molecule has 0 unspecified atom stereocenters. The summed E-state index contributed by atoms with van der Waals surface area (Å²) in [4.78, 5) is 12.7. The largest absolute Gasteiger partial charge is 0.489 e. The Hall–Kier alpha value is -3.86. The molecule has 0 atom stereocenters. The molecule has 0 spiro atoms. The second kappa shape index (κ2) is 7.76. The van der Waals surface area contributed by atoms with Gasteiger partial charge in [-0.05, 0) is 78.9 Å². The van der Waals surface area contributed by atoms with Gasteiger partial charge >= 0.3 is 0 Å². The highest BCUT2D eigenvalue weighted by atomic mass is 16.5. The fourth-order valence-electron chi connectivity index (χ4n) is 3.99. The molecule has 5 nitrogen and oxygen atoms in total. The predicted molar refractivity (Wildman–Crippen MR) is 119 cm³/mol. The Labute approximate surface area is 180 Å². The minimum Gasteiger partial charge on any atom is -0.489 e. The lowest BCUT2D eigenvalue weighted by molar-refractivity contribution is 0.102. The van der Waals surface area contributed by atoms with Crippen molar-refractivity contribution in [3.8, 4) is 16.9 Å². The molecule has 0 saturated carbocycles. The van der Waals surface area contributed by atoms with Crippen LogP contribution in [0.3, 0.4) is 0 Å². The first kappa shape index (κ1) is 19.1. The monoisotopic (exact) mass is 410 g/mol. The van der Waals surface area contributed by atoms with Gasteiger partial charge in [0.2, 0.25) is 0 Å². The van der Waals surface area contributed by atoms with Crippen LogP contribution in [0.15, 0.2) is 71.3 Å². The van der Waals surface area contributed by atoms with Crippen LogP contribution in [0.25, 0.3) is 11.1 Å². The van der Waals surface area contributed by atoms with Crippen molar-refractivity contribution in [1.29, 1.82) is 0 Å². The molecule has 1 N–H and O–H groups in total. The van der Waals surface area contributed by atoms with Crippen LogP contribution in [0.5, 0.6) is 5.75 Å². The van der Waals surface area contributed by atoms with E-state index in [2.05, 4.69) is 46.9 Å². The zero-order valence-corrected chi connectivity index (χ0v) is 17.4. The van der Waals surface area contributed by atoms with Crippen molar-refractivity contribution in [2.75, 3.05) is 5.32 Å². The predicted octanol–water partition coefficient (Wildman–Crippen LogP) is 5.69. The lowest BCUT2D eigenvalue weighted by Crippen LogP contribution is -2.12. The number of aryl methyl sites for hydroxylation is 2. The average Bonchev–Trinajstić information content (AvgIpc) is 3.31. The van der Waals surface area contributed by atoms with E-state index in [0.717, 1.165) is 29.1 Å². The molecule has 0 fully saturated rings. The summed E-state index contributed by atoms with van der Waals surface area (Å²) in [5.74, 6) is 1.30. The molecule has 0 bridgehead atoms. The second-order valence-electron chi connectivity index (χ2n) is 7.78. The lowest BCUT2D eigenvalue weighted by atomic mass is 10.1. The number of carbonyl (C=O) groups excluding carboxylic acids is 1. The fourth-order valence-corrected chi connectivity index (χ4v) is 3.99. The molecule has 1 aliphatic rings. The molecule has 4 aromatic rings. The Morgan fingerprint density at radius 1 is 1.00 bits per heavy atom. The van der Waals surface area contributed by atoms with E-state index in [1.807, 2.05) is 19.9 Å². The zero-order chi connectivity index (χ0) is 21.4. The van der Waals surface area contributed by atoms with Crippen LogP contribution in [-0.4, -0.2) is 11.1 Å². The van der Waals surface area contributed by atoms with E-state index >= 15 is 0 Å². The average molecular weight is 410 g/mol. The number of rotatable bonds is 5. The number of benzene rings is 3. The maximum atomic E-state index is 12.7. The number of nitrogens with one attached hydrogen (secondary N) is 1. The highest BCUT2D eigenvalue weighted by Crippen LogP contribution is 2.37. The number of aromatic nitrogens is 1. The fraction of sp³-hybridized carbons (Fsp3) is 0.154. The number of hydrogen-bond acceptors (Lipinski definition) is 4. The van der Waals surface area contributed by atoms with Gasteiger partial charge in [-0.3, -0.25) is 4.79 Å². The standard InChI is InChI=1S/C26H22N2O3/c1-16-25(17(2)31-28-16)15-30-22-10-7-18(8-11-22)26(29)27-21-9-12-24-20(14-21)13-19-5-3-4-6-23(19)24/h3-12,14H,13,15H2,1-2H3,(H,27,29). The summed E-state index contributed by atoms with van der Waals surface area (Å²) in [7, 11) is 0. The van der Waals surface area contributed by atoms with E-state index in [4.69, 9.17) is 9.26 Å². The normalized spacial score (nSPS) is 11.7. The molecule has 5 heteroatoms. The molecular formula is C26H22N2O3. The van der Waals surface area contributed by atoms with Crippen LogP contribution in [0, 0.1) is 13.8 Å². The van der Waals surface area contributed by atoms with Crippen molar-refractivity contribution in [3.63, 3.8) is 0 Å². The van der Waals surface area contributed by atoms with Gasteiger partial charge in [0.15, 0.2) is 0 Å². The number of ether oxygens (including phenoxy) is 1. The molecule has 0 radical (unpaired) electrons. The third-order valence-electron chi connectivity index (χ3n) is 5.73. The molecule has 0 saturated heterocycles. The molecule has 5 rings (SSSR count). The van der Waals surface area contributed by atoms with E-state index < -0.39 is 0 Å². The van der Waals surface area contributed by atoms with Gasteiger partial charge in [-0.15, -0.1) is 0 Å². The van der Waals surface area contributed by atoms with Crippen molar-refractivity contribution >= 4 is 11.6 Å². The van der Waals surface area contributed by atoms with Crippen LogP contribution in [0.4, 0.5) is 5.69 Å². The number of hydrogen-bond donors (Lipinski definition) is 1. The Bertz CT molecular complexity index is 1250. The Morgan fingerprint density at radius 3 is 2.55 bits per heavy atom. The summed E-state index contributed by atoms with van der Waals surface area (Å²) in [6.07, 6.45) is 0.895. The van der Waals surface area contributed by atoms with Gasteiger partial charge in [0.1, 0.15) is 18.1 Å². The molecule has 1 aromatic heterocycles. The molecular weight excluding hydrogens is 388 g/mol. The quantitative estimate of drug-likeness (QED) is 0.404. The van der Waals surface area contributed by atoms with Crippen molar-refractivity contribution in [2.45, 2.75) is 26.9 Å². The van der Waals surface area contributed by atoms with E-state index in [-0.39, 0.29) is 5.91 Å².